The molecule has 1 atom stereocenters. The number of hydrogen-bond acceptors (Lipinski definition) is 4. The van der Waals surface area contributed by atoms with Crippen LogP contribution in [0.25, 0.3) is 11.0 Å². The quantitative estimate of drug-likeness (QED) is 0.656. The summed E-state index contributed by atoms with van der Waals surface area (Å²) in [5, 5.41) is 15.5. The van der Waals surface area contributed by atoms with Crippen LogP contribution >= 0.6 is 11.3 Å². The van der Waals surface area contributed by atoms with E-state index in [2.05, 4.69) is 9.88 Å². The third-order valence-corrected chi connectivity index (χ3v) is 6.76. The number of carbonyl (C=O) groups excluding carboxylic acids is 1. The zero-order chi connectivity index (χ0) is 19.6. The Hall–Kier alpha value is -2.18. The van der Waals surface area contributed by atoms with E-state index in [0.29, 0.717) is 5.92 Å². The van der Waals surface area contributed by atoms with Crippen molar-refractivity contribution in [2.45, 2.75) is 57.1 Å². The molecule has 0 aliphatic heterocycles. The van der Waals surface area contributed by atoms with Crippen LogP contribution in [-0.4, -0.2) is 27.1 Å². The summed E-state index contributed by atoms with van der Waals surface area (Å²) in [5.41, 5.74) is 0.886. The van der Waals surface area contributed by atoms with Gasteiger partial charge in [-0.1, -0.05) is 37.5 Å². The zero-order valence-corrected chi connectivity index (χ0v) is 17.0. The van der Waals surface area contributed by atoms with E-state index in [9.17, 15) is 9.90 Å². The van der Waals surface area contributed by atoms with Crippen LogP contribution in [0.2, 0.25) is 0 Å². The first-order chi connectivity index (χ1) is 13.5. The molecule has 0 radical (unpaired) electrons. The number of nitrogens with one attached hydrogen (secondary N) is 1. The van der Waals surface area contributed by atoms with Crippen molar-refractivity contribution in [3.05, 3.63) is 52.5 Å². The Morgan fingerprint density at radius 2 is 2.04 bits per heavy atom. The lowest BCUT2D eigenvalue weighted by Gasteiger charge is -2.24. The van der Waals surface area contributed by atoms with Gasteiger partial charge in [-0.2, -0.15) is 0 Å². The van der Waals surface area contributed by atoms with E-state index >= 15 is 0 Å². The first kappa shape index (κ1) is 19.2. The Morgan fingerprint density at radius 1 is 1.25 bits per heavy atom. The van der Waals surface area contributed by atoms with Gasteiger partial charge in [0.25, 0.3) is 0 Å². The zero-order valence-electron chi connectivity index (χ0n) is 16.2. The fourth-order valence-corrected chi connectivity index (χ4v) is 4.86. The monoisotopic (exact) mass is 397 g/mol. The molecule has 5 nitrogen and oxygen atoms in total. The summed E-state index contributed by atoms with van der Waals surface area (Å²) in [4.78, 5) is 18.5. The molecule has 2 aromatic heterocycles. The Kier molecular flexibility index (Phi) is 5.51. The van der Waals surface area contributed by atoms with Gasteiger partial charge >= 0.3 is 0 Å². The van der Waals surface area contributed by atoms with Crippen LogP contribution in [0, 0.1) is 0 Å². The minimum atomic E-state index is -1.06. The lowest BCUT2D eigenvalue weighted by molar-refractivity contribution is -0.122. The molecular formula is C22H27N3O2S. The van der Waals surface area contributed by atoms with Gasteiger partial charge in [0.15, 0.2) is 0 Å². The number of benzene rings is 1. The molecule has 1 amide bonds. The van der Waals surface area contributed by atoms with E-state index in [1.165, 1.54) is 30.6 Å². The number of carbonyl (C=O) groups is 1. The van der Waals surface area contributed by atoms with Gasteiger partial charge in [0.2, 0.25) is 5.91 Å². The Balaban J connectivity index is 1.52. The highest BCUT2D eigenvalue weighted by molar-refractivity contribution is 7.10. The molecule has 2 N–H and O–H groups in total. The minimum Gasteiger partial charge on any atom is -0.383 e. The second-order valence-corrected chi connectivity index (χ2v) is 8.86. The van der Waals surface area contributed by atoms with Gasteiger partial charge in [0.05, 0.1) is 17.6 Å². The van der Waals surface area contributed by atoms with Crippen molar-refractivity contribution in [1.29, 1.82) is 0 Å². The molecule has 1 aliphatic rings. The second-order valence-electron chi connectivity index (χ2n) is 7.91. The number of rotatable bonds is 6. The smallest absolute Gasteiger partial charge is 0.240 e. The van der Waals surface area contributed by atoms with Gasteiger partial charge in [-0.15, -0.1) is 11.3 Å². The number of aliphatic hydroxyl groups is 1. The molecule has 148 valence electrons. The average molecular weight is 398 g/mol. The Morgan fingerprint density at radius 3 is 2.79 bits per heavy atom. The number of nitrogens with zero attached hydrogens (tertiary/aromatic N) is 2. The third kappa shape index (κ3) is 3.98. The van der Waals surface area contributed by atoms with Gasteiger partial charge in [0.1, 0.15) is 18.0 Å². The van der Waals surface area contributed by atoms with Crippen molar-refractivity contribution < 1.29 is 9.90 Å². The molecule has 1 unspecified atom stereocenters. The van der Waals surface area contributed by atoms with Crippen molar-refractivity contribution in [1.82, 2.24) is 14.9 Å². The molecule has 1 aliphatic carbocycles. The van der Waals surface area contributed by atoms with E-state index in [1.807, 2.05) is 41.8 Å². The van der Waals surface area contributed by atoms with Crippen LogP contribution in [-0.2, 0) is 16.9 Å². The molecule has 2 heterocycles. The van der Waals surface area contributed by atoms with E-state index < -0.39 is 5.60 Å². The maximum atomic E-state index is 12.7. The lowest BCUT2D eigenvalue weighted by Crippen LogP contribution is -2.39. The van der Waals surface area contributed by atoms with Crippen LogP contribution in [0.15, 0.2) is 41.8 Å². The number of para-hydroxylation sites is 2. The van der Waals surface area contributed by atoms with Gasteiger partial charge in [-0.3, -0.25) is 4.79 Å². The summed E-state index contributed by atoms with van der Waals surface area (Å²) in [7, 11) is 0. The SMILES string of the molecule is CC(O)(CNC(=O)Cn1c(C2CCCCC2)nc2ccccc21)c1cccs1. The molecule has 28 heavy (non-hydrogen) atoms. The minimum absolute atomic E-state index is 0.1000. The number of fused-ring (bicyclic) bond motifs is 1. The Labute approximate surface area is 169 Å². The predicted molar refractivity (Wildman–Crippen MR) is 112 cm³/mol. The van der Waals surface area contributed by atoms with Crippen molar-refractivity contribution in [2.75, 3.05) is 6.54 Å². The molecule has 6 heteroatoms. The van der Waals surface area contributed by atoms with Crippen molar-refractivity contribution in [3.63, 3.8) is 0 Å². The van der Waals surface area contributed by atoms with Crippen molar-refractivity contribution >= 4 is 28.3 Å². The second kappa shape index (κ2) is 8.05. The summed E-state index contributed by atoms with van der Waals surface area (Å²) in [5.74, 6) is 1.35. The highest BCUT2D eigenvalue weighted by Crippen LogP contribution is 2.34. The number of thiophene rings is 1. The first-order valence-electron chi connectivity index (χ1n) is 10.0. The standard InChI is InChI=1S/C22H27N3O2S/c1-22(27,19-12-7-13-28-19)15-23-20(26)14-25-18-11-6-5-10-17(18)24-21(25)16-8-3-2-4-9-16/h5-7,10-13,16,27H,2-4,8-9,14-15H2,1H3,(H,23,26). The molecule has 1 fully saturated rings. The van der Waals surface area contributed by atoms with E-state index in [0.717, 1.165) is 34.6 Å². The molecule has 3 aromatic rings. The van der Waals surface area contributed by atoms with Crippen LogP contribution in [0.5, 0.6) is 0 Å². The maximum Gasteiger partial charge on any atom is 0.240 e. The van der Waals surface area contributed by atoms with E-state index in [1.54, 1.807) is 6.92 Å². The molecule has 4 rings (SSSR count). The number of aromatic nitrogens is 2. The van der Waals surface area contributed by atoms with Gasteiger partial charge < -0.3 is 15.0 Å². The Bertz CT molecular complexity index is 940. The average Bonchev–Trinajstić information content (AvgIpc) is 3.37. The summed E-state index contributed by atoms with van der Waals surface area (Å²) in [6.07, 6.45) is 6.01. The summed E-state index contributed by atoms with van der Waals surface area (Å²) < 4.78 is 2.07. The van der Waals surface area contributed by atoms with E-state index in [-0.39, 0.29) is 19.0 Å². The summed E-state index contributed by atoms with van der Waals surface area (Å²) in [6, 6.07) is 11.8. The number of hydrogen-bond donors (Lipinski definition) is 2. The third-order valence-electron chi connectivity index (χ3n) is 5.64. The van der Waals surface area contributed by atoms with E-state index in [4.69, 9.17) is 4.98 Å². The fourth-order valence-electron chi connectivity index (χ4n) is 4.08. The lowest BCUT2D eigenvalue weighted by atomic mass is 9.88. The van der Waals surface area contributed by atoms with Gasteiger partial charge in [-0.25, -0.2) is 4.98 Å². The van der Waals surface area contributed by atoms with Crippen LogP contribution in [0.4, 0.5) is 0 Å². The van der Waals surface area contributed by atoms with Crippen molar-refractivity contribution in [3.8, 4) is 0 Å². The maximum absolute atomic E-state index is 12.7. The largest absolute Gasteiger partial charge is 0.383 e. The predicted octanol–water partition coefficient (Wildman–Crippen LogP) is 4.17. The summed E-state index contributed by atoms with van der Waals surface area (Å²) >= 11 is 1.49. The van der Waals surface area contributed by atoms with Crippen LogP contribution in [0.3, 0.4) is 0 Å². The highest BCUT2D eigenvalue weighted by Gasteiger charge is 2.26. The molecule has 0 saturated heterocycles. The molecule has 0 spiro atoms. The first-order valence-corrected chi connectivity index (χ1v) is 10.9. The molecule has 0 bridgehead atoms. The molecule has 1 aromatic carbocycles. The van der Waals surface area contributed by atoms with Crippen molar-refractivity contribution in [2.24, 2.45) is 0 Å². The number of amides is 1. The van der Waals surface area contributed by atoms with Gasteiger partial charge in [0, 0.05) is 10.8 Å². The van der Waals surface area contributed by atoms with Gasteiger partial charge in [-0.05, 0) is 43.3 Å². The molecule has 1 saturated carbocycles. The molecular weight excluding hydrogens is 370 g/mol. The normalized spacial score (nSPS) is 17.5. The topological polar surface area (TPSA) is 67.2 Å². The summed E-state index contributed by atoms with van der Waals surface area (Å²) in [6.45, 7) is 2.16. The highest BCUT2D eigenvalue weighted by atomic mass is 32.1. The fraction of sp³-hybridized carbons (Fsp3) is 0.455. The number of imidazole rings is 1. The van der Waals surface area contributed by atoms with Crippen LogP contribution < -0.4 is 5.32 Å². The van der Waals surface area contributed by atoms with Crippen LogP contribution in [0.1, 0.15) is 55.6 Å².